The monoisotopic (exact) mass is 537 g/mol. The molecule has 0 fully saturated rings. The maximum Gasteiger partial charge on any atom is 0.134 e. The minimum Gasteiger partial charge on any atom is -0.385 e. The van der Waals surface area contributed by atoms with Gasteiger partial charge in [-0.05, 0) is 66.4 Å². The van der Waals surface area contributed by atoms with E-state index in [0.29, 0.717) is 10.8 Å². The lowest BCUT2D eigenvalue weighted by Crippen LogP contribution is -2.28. The topological polar surface area (TPSA) is 61.1 Å². The summed E-state index contributed by atoms with van der Waals surface area (Å²) in [6, 6.07) is 25.2. The van der Waals surface area contributed by atoms with E-state index in [-0.39, 0.29) is 0 Å². The molecule has 2 heterocycles. The van der Waals surface area contributed by atoms with Gasteiger partial charge in [-0.15, -0.1) is 0 Å². The summed E-state index contributed by atoms with van der Waals surface area (Å²) in [5.74, 6) is 0.406. The average molecular weight is 538 g/mol. The molecule has 0 radical (unpaired) electrons. The first-order chi connectivity index (χ1) is 18.7. The average Bonchev–Trinajstić information content (AvgIpc) is 3.39. The summed E-state index contributed by atoms with van der Waals surface area (Å²) < 4.78 is 3.98. The molecule has 0 spiro atoms. The fraction of sp³-hybridized carbons (Fsp3) is 0.212. The minimum atomic E-state index is -0.461. The van der Waals surface area contributed by atoms with E-state index in [1.54, 1.807) is 7.05 Å². The molecular weight excluding hydrogens is 502 g/mol. The second-order valence-electron chi connectivity index (χ2n) is 9.59. The molecule has 5 nitrogen and oxygen atoms in total. The van der Waals surface area contributed by atoms with Crippen LogP contribution in [0.2, 0.25) is 5.02 Å². The van der Waals surface area contributed by atoms with Crippen LogP contribution in [-0.4, -0.2) is 21.2 Å². The Bertz CT molecular complexity index is 1710. The number of nitrogens with two attached hydrogens (primary N) is 1. The summed E-state index contributed by atoms with van der Waals surface area (Å²) in [6.45, 7) is 12.4. The van der Waals surface area contributed by atoms with Crippen LogP contribution in [0.1, 0.15) is 43.2 Å². The molecule has 0 aliphatic rings. The third-order valence-electron chi connectivity index (χ3n) is 7.22. The lowest BCUT2D eigenvalue weighted by Gasteiger charge is -2.32. The van der Waals surface area contributed by atoms with Gasteiger partial charge in [0.05, 0.1) is 23.0 Å². The zero-order valence-corrected chi connectivity index (χ0v) is 24.3. The number of hydrogen-bond donors (Lipinski definition) is 1. The summed E-state index contributed by atoms with van der Waals surface area (Å²) in [5.41, 5.74) is 14.1. The van der Waals surface area contributed by atoms with Gasteiger partial charge in [0.25, 0.3) is 0 Å². The van der Waals surface area contributed by atoms with Gasteiger partial charge < -0.3 is 10.3 Å². The first-order valence-corrected chi connectivity index (χ1v) is 13.5. The Morgan fingerprint density at radius 2 is 1.69 bits per heavy atom. The molecule has 1 unspecified atom stereocenters. The van der Waals surface area contributed by atoms with Crippen molar-refractivity contribution in [3.8, 4) is 11.1 Å². The first-order valence-electron chi connectivity index (χ1n) is 13.1. The molecule has 5 rings (SSSR count). The van der Waals surface area contributed by atoms with Crippen LogP contribution < -0.4 is 11.2 Å². The van der Waals surface area contributed by atoms with Gasteiger partial charge in [-0.2, -0.15) is 0 Å². The van der Waals surface area contributed by atoms with Crippen molar-refractivity contribution in [2.75, 3.05) is 7.05 Å². The van der Waals surface area contributed by atoms with E-state index in [2.05, 4.69) is 83.5 Å². The van der Waals surface area contributed by atoms with Gasteiger partial charge in [0.1, 0.15) is 11.3 Å². The predicted octanol–water partition coefficient (Wildman–Crippen LogP) is 7.30. The van der Waals surface area contributed by atoms with Crippen molar-refractivity contribution in [2.24, 2.45) is 17.8 Å². The molecule has 3 aromatic carbocycles. The van der Waals surface area contributed by atoms with Crippen LogP contribution in [0.25, 0.3) is 27.9 Å². The van der Waals surface area contributed by atoms with Crippen LogP contribution in [0.3, 0.4) is 0 Å². The lowest BCUT2D eigenvalue weighted by molar-refractivity contribution is 0.626. The quantitative estimate of drug-likeness (QED) is 0.255. The molecule has 1 atom stereocenters. The van der Waals surface area contributed by atoms with Crippen molar-refractivity contribution in [1.82, 2.24) is 14.1 Å². The standard InChI is InChI=1S/C31H30ClN5.C2H6/c1-20-9-11-23(12-10-20)31(3,29-18-35-19-36(29)5)24-13-14-28-27(16-24)26(22-7-6-8-25(32)15-22)17-30(34-4)37(28)21(2)33;1-2/h6-19H,2,33H2,1,3-5H3;1-2H3. The van der Waals surface area contributed by atoms with Crippen LogP contribution >= 0.6 is 11.6 Å². The van der Waals surface area contributed by atoms with Crippen LogP contribution in [0.5, 0.6) is 0 Å². The Kier molecular flexibility index (Phi) is 8.12. The zero-order chi connectivity index (χ0) is 28.3. The van der Waals surface area contributed by atoms with Crippen LogP contribution in [0.15, 0.2) is 96.9 Å². The molecule has 2 aromatic heterocycles. The number of aromatic nitrogens is 3. The largest absolute Gasteiger partial charge is 0.385 e. The van der Waals surface area contributed by atoms with E-state index in [1.807, 2.05) is 62.3 Å². The third kappa shape index (κ3) is 5.02. The molecule has 0 amide bonds. The third-order valence-corrected chi connectivity index (χ3v) is 7.45. The molecule has 6 heteroatoms. The number of rotatable bonds is 5. The zero-order valence-electron chi connectivity index (χ0n) is 23.5. The highest BCUT2D eigenvalue weighted by atomic mass is 35.5. The van der Waals surface area contributed by atoms with E-state index in [9.17, 15) is 0 Å². The molecule has 0 aliphatic heterocycles. The minimum absolute atomic E-state index is 0.406. The Hall–Kier alpha value is -4.09. The van der Waals surface area contributed by atoms with Crippen LogP contribution in [-0.2, 0) is 12.5 Å². The van der Waals surface area contributed by atoms with E-state index in [4.69, 9.17) is 17.3 Å². The molecular formula is C33H36ClN5. The second kappa shape index (κ2) is 11.3. The molecule has 0 saturated heterocycles. The van der Waals surface area contributed by atoms with Gasteiger partial charge in [-0.25, -0.2) is 4.98 Å². The number of fused-ring (bicyclic) bond motifs is 1. The van der Waals surface area contributed by atoms with Gasteiger partial charge in [-0.1, -0.05) is 80.1 Å². The highest BCUT2D eigenvalue weighted by molar-refractivity contribution is 6.30. The first kappa shape index (κ1) is 27.9. The highest BCUT2D eigenvalue weighted by Crippen LogP contribution is 2.41. The fourth-order valence-electron chi connectivity index (χ4n) is 5.20. The normalized spacial score (nSPS) is 13.1. The SMILES string of the molecule is C=C(N)n1c(=NC)cc(-c2cccc(Cl)c2)c2cc(C(C)(c3ccc(C)cc3)c3cncn3C)ccc21.CC. The number of halogens is 1. The van der Waals surface area contributed by atoms with Gasteiger partial charge in [0.2, 0.25) is 0 Å². The number of hydrogen-bond acceptors (Lipinski definition) is 3. The van der Waals surface area contributed by atoms with Gasteiger partial charge >= 0.3 is 0 Å². The van der Waals surface area contributed by atoms with Crippen molar-refractivity contribution >= 4 is 28.3 Å². The van der Waals surface area contributed by atoms with Gasteiger partial charge in [-0.3, -0.25) is 9.56 Å². The number of imidazole rings is 1. The van der Waals surface area contributed by atoms with E-state index in [1.165, 1.54) is 11.1 Å². The summed E-state index contributed by atoms with van der Waals surface area (Å²) in [7, 11) is 3.79. The van der Waals surface area contributed by atoms with Crippen molar-refractivity contribution < 1.29 is 0 Å². The van der Waals surface area contributed by atoms with Gasteiger partial charge in [0, 0.05) is 30.7 Å². The maximum atomic E-state index is 6.41. The summed E-state index contributed by atoms with van der Waals surface area (Å²) in [4.78, 5) is 8.96. The second-order valence-corrected chi connectivity index (χ2v) is 10.0. The van der Waals surface area contributed by atoms with E-state index in [0.717, 1.165) is 38.8 Å². The summed E-state index contributed by atoms with van der Waals surface area (Å²) in [5, 5.41) is 1.70. The van der Waals surface area contributed by atoms with Crippen molar-refractivity contribution in [3.63, 3.8) is 0 Å². The Labute approximate surface area is 235 Å². The fourth-order valence-corrected chi connectivity index (χ4v) is 5.39. The summed E-state index contributed by atoms with van der Waals surface area (Å²) in [6.07, 6.45) is 3.80. The van der Waals surface area contributed by atoms with Gasteiger partial charge in [0.15, 0.2) is 0 Å². The summed E-state index contributed by atoms with van der Waals surface area (Å²) >= 11 is 6.41. The Morgan fingerprint density at radius 1 is 1.00 bits per heavy atom. The number of nitrogens with zero attached hydrogens (tertiary/aromatic N) is 4. The van der Waals surface area contributed by atoms with E-state index < -0.39 is 5.41 Å². The molecule has 5 aromatic rings. The number of benzene rings is 3. The molecule has 200 valence electrons. The molecule has 2 N–H and O–H groups in total. The molecule has 0 aliphatic carbocycles. The molecule has 0 bridgehead atoms. The van der Waals surface area contributed by atoms with E-state index >= 15 is 0 Å². The molecule has 0 saturated carbocycles. The molecule has 39 heavy (non-hydrogen) atoms. The van der Waals surface area contributed by atoms with Crippen LogP contribution in [0, 0.1) is 6.92 Å². The highest BCUT2D eigenvalue weighted by Gasteiger charge is 2.34. The number of aryl methyl sites for hydroxylation is 2. The Balaban J connectivity index is 0.00000172. The van der Waals surface area contributed by atoms with Crippen LogP contribution in [0.4, 0.5) is 0 Å². The van der Waals surface area contributed by atoms with Crippen molar-refractivity contribution in [3.05, 3.63) is 125 Å². The smallest absolute Gasteiger partial charge is 0.134 e. The maximum absolute atomic E-state index is 6.41. The predicted molar refractivity (Wildman–Crippen MR) is 165 cm³/mol. The Morgan fingerprint density at radius 3 is 2.28 bits per heavy atom. The van der Waals surface area contributed by atoms with Crippen molar-refractivity contribution in [2.45, 2.75) is 33.1 Å². The van der Waals surface area contributed by atoms with Crippen molar-refractivity contribution in [1.29, 1.82) is 0 Å². The number of pyridine rings is 1. The lowest BCUT2D eigenvalue weighted by atomic mass is 9.73.